The fraction of sp³-hybridized carbons (Fsp3) is 0.556. The van der Waals surface area contributed by atoms with Gasteiger partial charge in [-0.15, -0.1) is 0 Å². The number of rotatable bonds is 3. The number of methoxy groups -OCH3 is 1. The van der Waals surface area contributed by atoms with Crippen molar-refractivity contribution < 1.29 is 14.3 Å². The molecule has 1 saturated carbocycles. The van der Waals surface area contributed by atoms with Crippen molar-refractivity contribution in [3.8, 4) is 0 Å². The highest BCUT2D eigenvalue weighted by molar-refractivity contribution is 6.05. The van der Waals surface area contributed by atoms with Crippen LogP contribution in [0.25, 0.3) is 0 Å². The third-order valence-electron chi connectivity index (χ3n) is 5.60. The number of hydrogen-bond donors (Lipinski definition) is 1. The molecular formula is C18H21NO3. The van der Waals surface area contributed by atoms with Crippen LogP contribution in [0.1, 0.15) is 60.8 Å². The molecule has 3 aliphatic carbocycles. The standard InChI is InChI=1S/C18H21NO3/c1-22-17(21)18(8-9-18)16(20)19-14-10-12-6-2-4-11-5-3-7-13(14)15(11)12/h3,5,7,12,14H,2,4,6,8-10H2,1H3,(H,19,20)/t12-,14-/m0/s1. The van der Waals surface area contributed by atoms with E-state index in [1.165, 1.54) is 36.6 Å². The maximum Gasteiger partial charge on any atom is 0.321 e. The van der Waals surface area contributed by atoms with Crippen LogP contribution in [0, 0.1) is 5.41 Å². The maximum atomic E-state index is 12.6. The summed E-state index contributed by atoms with van der Waals surface area (Å²) >= 11 is 0. The molecule has 22 heavy (non-hydrogen) atoms. The smallest absolute Gasteiger partial charge is 0.321 e. The molecule has 4 nitrogen and oxygen atoms in total. The molecule has 0 radical (unpaired) electrons. The summed E-state index contributed by atoms with van der Waals surface area (Å²) in [4.78, 5) is 24.4. The molecule has 3 aliphatic rings. The Kier molecular flexibility index (Phi) is 3.03. The van der Waals surface area contributed by atoms with E-state index in [9.17, 15) is 9.59 Å². The van der Waals surface area contributed by atoms with Crippen molar-refractivity contribution in [2.75, 3.05) is 7.11 Å². The number of carbonyl (C=O) groups excluding carboxylic acids is 2. The summed E-state index contributed by atoms with van der Waals surface area (Å²) in [7, 11) is 1.35. The van der Waals surface area contributed by atoms with E-state index in [2.05, 4.69) is 23.5 Å². The zero-order valence-corrected chi connectivity index (χ0v) is 12.9. The Labute approximate surface area is 130 Å². The van der Waals surface area contributed by atoms with Gasteiger partial charge in [-0.3, -0.25) is 9.59 Å². The second kappa shape index (κ2) is 4.83. The summed E-state index contributed by atoms with van der Waals surface area (Å²) in [6.45, 7) is 0. The van der Waals surface area contributed by atoms with Gasteiger partial charge in [0.2, 0.25) is 5.91 Å². The normalized spacial score (nSPS) is 27.0. The lowest BCUT2D eigenvalue weighted by atomic mass is 9.84. The summed E-state index contributed by atoms with van der Waals surface area (Å²) in [5, 5.41) is 3.13. The van der Waals surface area contributed by atoms with Gasteiger partial charge in [-0.1, -0.05) is 18.2 Å². The van der Waals surface area contributed by atoms with E-state index in [4.69, 9.17) is 4.74 Å². The van der Waals surface area contributed by atoms with Crippen LogP contribution < -0.4 is 5.32 Å². The van der Waals surface area contributed by atoms with Gasteiger partial charge in [-0.2, -0.15) is 0 Å². The molecule has 2 atom stereocenters. The van der Waals surface area contributed by atoms with Crippen molar-refractivity contribution in [2.24, 2.45) is 5.41 Å². The number of carbonyl (C=O) groups is 2. The Balaban J connectivity index is 1.58. The monoisotopic (exact) mass is 299 g/mol. The first-order chi connectivity index (χ1) is 10.7. The van der Waals surface area contributed by atoms with Crippen molar-refractivity contribution >= 4 is 11.9 Å². The fourth-order valence-electron chi connectivity index (χ4n) is 4.26. The zero-order chi connectivity index (χ0) is 15.3. The van der Waals surface area contributed by atoms with Gasteiger partial charge in [0.1, 0.15) is 5.41 Å². The summed E-state index contributed by atoms with van der Waals surface area (Å²) in [6.07, 6.45) is 5.76. The largest absolute Gasteiger partial charge is 0.468 e. The van der Waals surface area contributed by atoms with Gasteiger partial charge < -0.3 is 10.1 Å². The molecular weight excluding hydrogens is 278 g/mol. The highest BCUT2D eigenvalue weighted by Crippen LogP contribution is 2.50. The Morgan fingerprint density at radius 1 is 1.32 bits per heavy atom. The molecule has 1 N–H and O–H groups in total. The summed E-state index contributed by atoms with van der Waals surface area (Å²) in [5.74, 6) is 0.0250. The lowest BCUT2D eigenvalue weighted by molar-refractivity contribution is -0.152. The molecule has 0 aromatic heterocycles. The van der Waals surface area contributed by atoms with Crippen molar-refractivity contribution in [2.45, 2.75) is 50.5 Å². The van der Waals surface area contributed by atoms with Crippen LogP contribution in [-0.4, -0.2) is 19.0 Å². The molecule has 0 heterocycles. The van der Waals surface area contributed by atoms with Gasteiger partial charge >= 0.3 is 5.97 Å². The molecule has 4 heteroatoms. The Hall–Kier alpha value is -1.84. The highest BCUT2D eigenvalue weighted by atomic mass is 16.5. The molecule has 0 spiro atoms. The number of esters is 1. The van der Waals surface area contributed by atoms with Crippen molar-refractivity contribution in [3.05, 3.63) is 34.9 Å². The van der Waals surface area contributed by atoms with Crippen LogP contribution in [0.2, 0.25) is 0 Å². The van der Waals surface area contributed by atoms with Crippen LogP contribution >= 0.6 is 0 Å². The first-order valence-electron chi connectivity index (χ1n) is 8.17. The van der Waals surface area contributed by atoms with Crippen LogP contribution in [0.4, 0.5) is 0 Å². The average Bonchev–Trinajstić information content (AvgIpc) is 3.28. The van der Waals surface area contributed by atoms with Gasteiger partial charge in [0.25, 0.3) is 0 Å². The average molecular weight is 299 g/mol. The summed E-state index contributed by atoms with van der Waals surface area (Å²) in [5.41, 5.74) is 3.25. The molecule has 4 rings (SSSR count). The lowest BCUT2D eigenvalue weighted by Gasteiger charge is -2.20. The quantitative estimate of drug-likeness (QED) is 0.689. The fourth-order valence-corrected chi connectivity index (χ4v) is 4.26. The van der Waals surface area contributed by atoms with Crippen LogP contribution in [0.5, 0.6) is 0 Å². The second-order valence-corrected chi connectivity index (χ2v) is 6.84. The number of amides is 1. The third-order valence-corrected chi connectivity index (χ3v) is 5.60. The van der Waals surface area contributed by atoms with E-state index in [1.807, 2.05) is 0 Å². The van der Waals surface area contributed by atoms with E-state index in [-0.39, 0.29) is 11.9 Å². The molecule has 1 amide bonds. The van der Waals surface area contributed by atoms with Gasteiger partial charge in [-0.05, 0) is 61.1 Å². The van der Waals surface area contributed by atoms with E-state index in [0.29, 0.717) is 18.8 Å². The van der Waals surface area contributed by atoms with Crippen molar-refractivity contribution in [1.29, 1.82) is 0 Å². The number of ether oxygens (including phenoxy) is 1. The van der Waals surface area contributed by atoms with Crippen LogP contribution in [0.15, 0.2) is 18.2 Å². The number of hydrogen-bond acceptors (Lipinski definition) is 3. The van der Waals surface area contributed by atoms with Gasteiger partial charge in [0, 0.05) is 0 Å². The van der Waals surface area contributed by atoms with E-state index >= 15 is 0 Å². The molecule has 0 saturated heterocycles. The van der Waals surface area contributed by atoms with Gasteiger partial charge in [-0.25, -0.2) is 0 Å². The second-order valence-electron chi connectivity index (χ2n) is 6.84. The minimum atomic E-state index is -0.912. The molecule has 1 aromatic carbocycles. The Morgan fingerprint density at radius 3 is 2.86 bits per heavy atom. The van der Waals surface area contributed by atoms with E-state index < -0.39 is 11.4 Å². The SMILES string of the molecule is COC(=O)C1(C(=O)N[C@H]2C[C@@H]3CCCc4cccc2c43)CC1. The lowest BCUT2D eigenvalue weighted by Crippen LogP contribution is -2.39. The first-order valence-corrected chi connectivity index (χ1v) is 8.17. The number of benzene rings is 1. The van der Waals surface area contributed by atoms with Crippen molar-refractivity contribution in [1.82, 2.24) is 5.32 Å². The van der Waals surface area contributed by atoms with E-state index in [0.717, 1.165) is 12.8 Å². The minimum Gasteiger partial charge on any atom is -0.468 e. The highest BCUT2D eigenvalue weighted by Gasteiger charge is 2.58. The topological polar surface area (TPSA) is 55.4 Å². The molecule has 1 aromatic rings. The van der Waals surface area contributed by atoms with Crippen LogP contribution in [0.3, 0.4) is 0 Å². The minimum absolute atomic E-state index is 0.0488. The molecule has 116 valence electrons. The maximum absolute atomic E-state index is 12.6. The molecule has 0 unspecified atom stereocenters. The predicted molar refractivity (Wildman–Crippen MR) is 81.3 cm³/mol. The van der Waals surface area contributed by atoms with Gasteiger partial charge in [0.05, 0.1) is 13.2 Å². The third kappa shape index (κ3) is 1.89. The Morgan fingerprint density at radius 2 is 2.14 bits per heavy atom. The molecule has 0 aliphatic heterocycles. The molecule has 1 fully saturated rings. The summed E-state index contributed by atoms with van der Waals surface area (Å²) in [6, 6.07) is 6.49. The Bertz CT molecular complexity index is 648. The number of nitrogens with one attached hydrogen (secondary N) is 1. The predicted octanol–water partition coefficient (Wildman–Crippen LogP) is 2.62. The first kappa shape index (κ1) is 13.8. The summed E-state index contributed by atoms with van der Waals surface area (Å²) < 4.78 is 4.80. The van der Waals surface area contributed by atoms with Gasteiger partial charge in [0.15, 0.2) is 0 Å². The van der Waals surface area contributed by atoms with E-state index in [1.54, 1.807) is 0 Å². The zero-order valence-electron chi connectivity index (χ0n) is 12.9. The van der Waals surface area contributed by atoms with Crippen LogP contribution in [-0.2, 0) is 20.7 Å². The number of aryl methyl sites for hydroxylation is 1. The van der Waals surface area contributed by atoms with Crippen molar-refractivity contribution in [3.63, 3.8) is 0 Å². The molecule has 0 bridgehead atoms.